The predicted molar refractivity (Wildman–Crippen MR) is 18.4 cm³/mol. The summed E-state index contributed by atoms with van der Waals surface area (Å²) >= 11 is -2.65. The first-order valence-electron chi connectivity index (χ1n) is 1.00. The van der Waals surface area contributed by atoms with Crippen molar-refractivity contribution in [2.75, 3.05) is 0 Å². The van der Waals surface area contributed by atoms with Crippen molar-refractivity contribution < 1.29 is 92.0 Å². The molecule has 0 aromatic rings. The molecule has 0 amide bonds. The Morgan fingerprint density at radius 1 is 1.22 bits per heavy atom. The Labute approximate surface area is 122 Å². The molecule has 50 valence electrons. The zero-order valence-corrected chi connectivity index (χ0v) is 13.9. The Morgan fingerprint density at radius 2 is 1.22 bits per heavy atom. The molecule has 0 aliphatic rings. The molecule has 4 nitrogen and oxygen atoms in total. The molecule has 0 aliphatic heterocycles. The second-order valence-corrected chi connectivity index (χ2v) is 1.65. The van der Waals surface area contributed by atoms with E-state index in [9.17, 15) is 5.63 Å². The van der Waals surface area contributed by atoms with E-state index in [0.717, 1.165) is 0 Å². The van der Waals surface area contributed by atoms with E-state index in [2.05, 4.69) is 0 Å². The van der Waals surface area contributed by atoms with Gasteiger partial charge in [0.05, 0.1) is 0 Å². The molecule has 0 saturated carbocycles. The molecule has 0 bridgehead atoms. The van der Waals surface area contributed by atoms with E-state index >= 15 is 0 Å². The van der Waals surface area contributed by atoms with Crippen LogP contribution in [0.1, 0.15) is 0 Å². The van der Waals surface area contributed by atoms with Crippen LogP contribution in [0.3, 0.4) is 0 Å². The molecule has 0 N–H and O–H groups in total. The van der Waals surface area contributed by atoms with Gasteiger partial charge in [0, 0.05) is 10.4 Å². The maximum absolute atomic E-state index is 9.78. The summed E-state index contributed by atoms with van der Waals surface area (Å²) in [5, 5.41) is 0. The molecule has 9 heavy (non-hydrogen) atoms. The first-order valence-corrected chi connectivity index (χ1v) is 4.27. The summed E-state index contributed by atoms with van der Waals surface area (Å²) in [5.41, 5.74) is 0. The average Bonchev–Trinajstić information content (AvgIpc) is 1.27. The van der Waals surface area contributed by atoms with Crippen LogP contribution in [0.4, 0.5) is 5.63 Å². The van der Waals surface area contributed by atoms with Gasteiger partial charge in [-0.3, -0.25) is 8.42 Å². The van der Waals surface area contributed by atoms with Crippen LogP contribution in [0.5, 0.6) is 0 Å². The molecule has 0 atom stereocenters. The van der Waals surface area contributed by atoms with Gasteiger partial charge in [-0.05, 0) is 0 Å². The van der Waals surface area contributed by atoms with Crippen molar-refractivity contribution in [1.82, 2.24) is 0 Å². The quantitative estimate of drug-likeness (QED) is 0.242. The summed E-state index contributed by atoms with van der Waals surface area (Å²) in [6.07, 6.45) is 0. The summed E-state index contributed by atoms with van der Waals surface area (Å²) in [4.78, 5) is 0. The van der Waals surface area contributed by atoms with E-state index < -0.39 is 33.2 Å². The van der Waals surface area contributed by atoms with E-state index in [4.69, 9.17) is 17.5 Å². The SMILES string of the molecule is O=S(=O)([O-])[O-].[Cs+].[F][Sb+][F]. The summed E-state index contributed by atoms with van der Waals surface area (Å²) < 4.78 is 53.6. The monoisotopic (exact) mass is 388 g/mol. The van der Waals surface area contributed by atoms with Crippen LogP contribution in [0.25, 0.3) is 0 Å². The van der Waals surface area contributed by atoms with E-state index in [-0.39, 0.29) is 68.9 Å². The van der Waals surface area contributed by atoms with Gasteiger partial charge in [0.1, 0.15) is 0 Å². The molecule has 0 rings (SSSR count). The van der Waals surface area contributed by atoms with E-state index in [1.807, 2.05) is 0 Å². The molecule has 0 aromatic heterocycles. The Balaban J connectivity index is -0.0000000800. The van der Waals surface area contributed by atoms with Crippen LogP contribution in [0, 0.1) is 0 Å². The fourth-order valence-electron chi connectivity index (χ4n) is 0. The topological polar surface area (TPSA) is 80.3 Å². The Kier molecular flexibility index (Phi) is 20.8. The van der Waals surface area contributed by atoms with Gasteiger partial charge in [-0.15, -0.1) is 0 Å². The molecule has 0 spiro atoms. The summed E-state index contributed by atoms with van der Waals surface area (Å²) in [7, 11) is -5.17. The maximum atomic E-state index is 9.78. The molecule has 2 radical (unpaired) electrons. The molecule has 0 unspecified atom stereocenters. The van der Waals surface area contributed by atoms with Crippen molar-refractivity contribution in [3.63, 3.8) is 0 Å². The van der Waals surface area contributed by atoms with E-state index in [1.165, 1.54) is 0 Å². The van der Waals surface area contributed by atoms with Gasteiger partial charge in [0.2, 0.25) is 0 Å². The minimum atomic E-state index is -5.17. The average molecular weight is 389 g/mol. The standard InChI is InChI=1S/Cs.2FH.H2O4S.Sb/c;;;1-5(2,3)4;/h;2*1H;(H2,1,2,3,4);/q+1;;;;+3/p-4. The fraction of sp³-hybridized carbons (Fsp3) is 0. The minimum absolute atomic E-state index is 0. The third-order valence-corrected chi connectivity index (χ3v) is 0. The third-order valence-electron chi connectivity index (χ3n) is 0. The number of halogens is 2. The third kappa shape index (κ3) is 116. The Bertz CT molecular complexity index is 113. The van der Waals surface area contributed by atoms with Crippen LogP contribution in [-0.2, 0) is 10.4 Å². The van der Waals surface area contributed by atoms with Gasteiger partial charge < -0.3 is 9.11 Å². The molecule has 0 saturated heterocycles. The first kappa shape index (κ1) is 17.6. The van der Waals surface area contributed by atoms with Crippen molar-refractivity contribution in [2.45, 2.75) is 0 Å². The number of rotatable bonds is 0. The molecular weight excluding hydrogens is 389 g/mol. The fourth-order valence-corrected chi connectivity index (χ4v) is 0. The second-order valence-electron chi connectivity index (χ2n) is 0.472. The van der Waals surface area contributed by atoms with Gasteiger partial charge in [0.15, 0.2) is 0 Å². The van der Waals surface area contributed by atoms with Crippen LogP contribution < -0.4 is 68.9 Å². The zero-order valence-electron chi connectivity index (χ0n) is 4.24. The Hall–Kier alpha value is 2.60. The van der Waals surface area contributed by atoms with Gasteiger partial charge in [-0.1, -0.05) is 0 Å². The van der Waals surface area contributed by atoms with E-state index in [0.29, 0.717) is 0 Å². The molecule has 0 fully saturated rings. The van der Waals surface area contributed by atoms with Gasteiger partial charge in [-0.25, -0.2) is 0 Å². The number of hydrogen-bond donors (Lipinski definition) is 0. The Morgan fingerprint density at radius 3 is 1.22 bits per heavy atom. The molecular formula is CsF2O4SSb. The number of hydrogen-bond acceptors (Lipinski definition) is 4. The summed E-state index contributed by atoms with van der Waals surface area (Å²) in [6.45, 7) is 0. The van der Waals surface area contributed by atoms with Gasteiger partial charge in [-0.2, -0.15) is 0 Å². The predicted octanol–water partition coefficient (Wildman–Crippen LogP) is -3.87. The van der Waals surface area contributed by atoms with Crippen molar-refractivity contribution in [1.29, 1.82) is 0 Å². The normalized spacial score (nSPS) is 8.44. The summed E-state index contributed by atoms with van der Waals surface area (Å²) in [6, 6.07) is 0. The first-order chi connectivity index (χ1) is 3.41. The van der Waals surface area contributed by atoms with Crippen molar-refractivity contribution >= 4 is 33.2 Å². The molecule has 0 heterocycles. The van der Waals surface area contributed by atoms with Crippen molar-refractivity contribution in [2.24, 2.45) is 0 Å². The van der Waals surface area contributed by atoms with Crippen LogP contribution in [0.15, 0.2) is 0 Å². The second kappa shape index (κ2) is 10.6. The van der Waals surface area contributed by atoms with Crippen LogP contribution >= 0.6 is 0 Å². The zero-order chi connectivity index (χ0) is 7.21. The van der Waals surface area contributed by atoms with Crippen LogP contribution in [0.2, 0.25) is 0 Å². The summed E-state index contributed by atoms with van der Waals surface area (Å²) in [5.74, 6) is 0. The molecule has 0 aliphatic carbocycles. The van der Waals surface area contributed by atoms with Gasteiger partial charge >= 0.3 is 97.3 Å². The van der Waals surface area contributed by atoms with Crippen molar-refractivity contribution in [3.05, 3.63) is 0 Å². The molecule has 9 heteroatoms. The van der Waals surface area contributed by atoms with Crippen LogP contribution in [-0.4, -0.2) is 40.3 Å². The van der Waals surface area contributed by atoms with Crippen molar-refractivity contribution in [3.8, 4) is 0 Å². The van der Waals surface area contributed by atoms with Gasteiger partial charge in [0.25, 0.3) is 0 Å². The molecule has 0 aromatic carbocycles. The van der Waals surface area contributed by atoms with E-state index in [1.54, 1.807) is 0 Å².